The van der Waals surface area contributed by atoms with Gasteiger partial charge in [-0.1, -0.05) is 0 Å². The van der Waals surface area contributed by atoms with Crippen molar-refractivity contribution in [1.29, 1.82) is 0 Å². The lowest BCUT2D eigenvalue weighted by Gasteiger charge is -2.11. The van der Waals surface area contributed by atoms with Crippen LogP contribution >= 0.6 is 11.8 Å². The summed E-state index contributed by atoms with van der Waals surface area (Å²) in [6, 6.07) is 0. The Balaban J connectivity index is 1.75. The van der Waals surface area contributed by atoms with Gasteiger partial charge in [0.2, 0.25) is 0 Å². The van der Waals surface area contributed by atoms with E-state index in [-0.39, 0.29) is 5.69 Å². The van der Waals surface area contributed by atoms with E-state index in [1.807, 2.05) is 4.57 Å². The lowest BCUT2D eigenvalue weighted by Crippen LogP contribution is -2.39. The van der Waals surface area contributed by atoms with Crippen molar-refractivity contribution in [2.24, 2.45) is 4.99 Å². The highest BCUT2D eigenvalue weighted by Crippen LogP contribution is 2.09. The highest BCUT2D eigenvalue weighted by Gasteiger charge is 2.16. The molecule has 0 bridgehead atoms. The monoisotopic (exact) mass is 326 g/mol. The Bertz CT molecular complexity index is 550. The number of nitrogens with zero attached hydrogens (tertiary/aromatic N) is 4. The van der Waals surface area contributed by atoms with Gasteiger partial charge in [-0.05, 0) is 25.5 Å². The number of rotatable bonds is 7. The van der Waals surface area contributed by atoms with Crippen molar-refractivity contribution in [2.45, 2.75) is 38.8 Å². The van der Waals surface area contributed by atoms with Crippen LogP contribution in [0.1, 0.15) is 25.1 Å². The number of thioether (sulfide) groups is 1. The maximum absolute atomic E-state index is 12.2. The van der Waals surface area contributed by atoms with E-state index in [1.165, 1.54) is 0 Å². The van der Waals surface area contributed by atoms with E-state index in [0.29, 0.717) is 6.54 Å². The molecule has 7 nitrogen and oxygen atoms in total. The van der Waals surface area contributed by atoms with Gasteiger partial charge in [0.25, 0.3) is 0 Å². The number of hydrogen-bond acceptors (Lipinski definition) is 4. The first kappa shape index (κ1) is 16.9. The number of aliphatic imine (C=N–C) groups is 1. The fourth-order valence-corrected chi connectivity index (χ4v) is 2.83. The first-order valence-corrected chi connectivity index (χ1v) is 9.25. The maximum Gasteiger partial charge on any atom is 0.345 e. The van der Waals surface area contributed by atoms with Crippen molar-refractivity contribution in [3.63, 3.8) is 0 Å². The Morgan fingerprint density at radius 1 is 1.36 bits per heavy atom. The fourth-order valence-electron chi connectivity index (χ4n) is 2.52. The summed E-state index contributed by atoms with van der Waals surface area (Å²) in [5.74, 6) is 2.81. The van der Waals surface area contributed by atoms with Crippen molar-refractivity contribution >= 4 is 17.7 Å². The van der Waals surface area contributed by atoms with Gasteiger partial charge in [-0.15, -0.1) is 0 Å². The molecule has 1 aromatic rings. The minimum absolute atomic E-state index is 0.0391. The summed E-state index contributed by atoms with van der Waals surface area (Å²) in [4.78, 5) is 16.3. The Hall–Kier alpha value is -1.44. The van der Waals surface area contributed by atoms with Gasteiger partial charge in [-0.25, -0.2) is 9.48 Å². The van der Waals surface area contributed by atoms with Crippen LogP contribution in [0.2, 0.25) is 0 Å². The van der Waals surface area contributed by atoms with Gasteiger partial charge in [-0.2, -0.15) is 16.9 Å². The summed E-state index contributed by atoms with van der Waals surface area (Å²) < 4.78 is 3.42. The molecule has 22 heavy (non-hydrogen) atoms. The largest absolute Gasteiger partial charge is 0.356 e. The zero-order valence-electron chi connectivity index (χ0n) is 13.5. The smallest absolute Gasteiger partial charge is 0.345 e. The van der Waals surface area contributed by atoms with Crippen LogP contribution in [0.3, 0.4) is 0 Å². The van der Waals surface area contributed by atoms with Crippen molar-refractivity contribution in [1.82, 2.24) is 25.0 Å². The van der Waals surface area contributed by atoms with E-state index in [9.17, 15) is 4.79 Å². The van der Waals surface area contributed by atoms with E-state index in [0.717, 1.165) is 62.9 Å². The molecule has 0 radical (unpaired) electrons. The van der Waals surface area contributed by atoms with Gasteiger partial charge in [0, 0.05) is 45.4 Å². The lowest BCUT2D eigenvalue weighted by atomic mass is 10.2. The summed E-state index contributed by atoms with van der Waals surface area (Å²) in [6.07, 6.45) is 6.07. The molecule has 1 aromatic heterocycles. The average Bonchev–Trinajstić information content (AvgIpc) is 2.86. The van der Waals surface area contributed by atoms with Crippen LogP contribution in [0.15, 0.2) is 9.79 Å². The van der Waals surface area contributed by atoms with Crippen LogP contribution < -0.4 is 16.3 Å². The predicted octanol–water partition coefficient (Wildman–Crippen LogP) is 0.299. The molecule has 0 atom stereocenters. The second-order valence-electron chi connectivity index (χ2n) is 5.30. The zero-order chi connectivity index (χ0) is 15.8. The Kier molecular flexibility index (Phi) is 6.82. The van der Waals surface area contributed by atoms with Crippen molar-refractivity contribution in [2.75, 3.05) is 32.1 Å². The molecule has 0 amide bonds. The van der Waals surface area contributed by atoms with Crippen molar-refractivity contribution in [3.8, 4) is 0 Å². The number of nitrogens with one attached hydrogen (secondary N) is 2. The first-order chi connectivity index (χ1) is 10.8. The number of hydrogen-bond donors (Lipinski definition) is 2. The number of fused-ring (bicyclic) bond motifs is 1. The second-order valence-corrected chi connectivity index (χ2v) is 6.29. The highest BCUT2D eigenvalue weighted by atomic mass is 32.2. The van der Waals surface area contributed by atoms with Crippen molar-refractivity contribution in [3.05, 3.63) is 16.3 Å². The molecule has 0 fully saturated rings. The molecule has 0 aliphatic carbocycles. The third-order valence-corrected chi connectivity index (χ3v) is 4.31. The fraction of sp³-hybridized carbons (Fsp3) is 0.786. The van der Waals surface area contributed by atoms with Gasteiger partial charge in [0.15, 0.2) is 5.96 Å². The molecule has 2 heterocycles. The number of aromatic nitrogens is 3. The molecule has 124 valence electrons. The summed E-state index contributed by atoms with van der Waals surface area (Å²) in [7, 11) is 1.77. The quantitative estimate of drug-likeness (QED) is 0.428. The molecule has 2 rings (SSSR count). The molecule has 0 saturated carbocycles. The molecule has 0 aromatic carbocycles. The standard InChI is InChI=1S/C14H26N6OS/c1-15-13(17-8-11-22-2)16-7-5-10-20-14(21)19-9-4-3-6-12(19)18-20/h3-11H2,1-2H3,(H2,15,16,17). The number of aryl methyl sites for hydroxylation is 2. The third-order valence-electron chi connectivity index (χ3n) is 3.69. The molecular formula is C14H26N6OS. The van der Waals surface area contributed by atoms with Gasteiger partial charge in [0.1, 0.15) is 5.82 Å². The second kappa shape index (κ2) is 8.87. The van der Waals surface area contributed by atoms with Gasteiger partial charge >= 0.3 is 5.69 Å². The molecule has 8 heteroatoms. The summed E-state index contributed by atoms with van der Waals surface area (Å²) in [5.41, 5.74) is 0.0391. The van der Waals surface area contributed by atoms with E-state index in [1.54, 1.807) is 23.5 Å². The van der Waals surface area contributed by atoms with Crippen LogP contribution in [0.4, 0.5) is 0 Å². The topological polar surface area (TPSA) is 76.2 Å². The SMILES string of the molecule is CN=C(NCCCn1nc2n(c1=O)CCCC2)NCCSC. The van der Waals surface area contributed by atoms with Crippen LogP contribution in [0, 0.1) is 0 Å². The average molecular weight is 326 g/mol. The summed E-state index contributed by atoms with van der Waals surface area (Å²) in [5, 5.41) is 10.9. The van der Waals surface area contributed by atoms with Crippen LogP contribution in [-0.4, -0.2) is 52.5 Å². The first-order valence-electron chi connectivity index (χ1n) is 7.86. The molecule has 0 unspecified atom stereocenters. The Labute approximate surface area is 135 Å². The van der Waals surface area contributed by atoms with Crippen LogP contribution in [0.5, 0.6) is 0 Å². The van der Waals surface area contributed by atoms with Crippen LogP contribution in [-0.2, 0) is 19.5 Å². The van der Waals surface area contributed by atoms with Crippen LogP contribution in [0.25, 0.3) is 0 Å². The van der Waals surface area contributed by atoms with E-state index in [2.05, 4.69) is 27.0 Å². The lowest BCUT2D eigenvalue weighted by molar-refractivity contribution is 0.509. The third kappa shape index (κ3) is 4.53. The Morgan fingerprint density at radius 3 is 2.91 bits per heavy atom. The molecular weight excluding hydrogens is 300 g/mol. The molecule has 0 saturated heterocycles. The van der Waals surface area contributed by atoms with E-state index < -0.39 is 0 Å². The molecule has 1 aliphatic rings. The summed E-state index contributed by atoms with van der Waals surface area (Å²) in [6.45, 7) is 3.13. The van der Waals surface area contributed by atoms with Gasteiger partial charge < -0.3 is 10.6 Å². The minimum atomic E-state index is 0.0391. The maximum atomic E-state index is 12.2. The summed E-state index contributed by atoms with van der Waals surface area (Å²) >= 11 is 1.80. The Morgan fingerprint density at radius 2 is 2.18 bits per heavy atom. The van der Waals surface area contributed by atoms with E-state index in [4.69, 9.17) is 0 Å². The molecule has 0 spiro atoms. The van der Waals surface area contributed by atoms with Crippen molar-refractivity contribution < 1.29 is 0 Å². The number of guanidine groups is 1. The zero-order valence-corrected chi connectivity index (χ0v) is 14.3. The normalized spacial score (nSPS) is 14.7. The van der Waals surface area contributed by atoms with Gasteiger partial charge in [0.05, 0.1) is 0 Å². The molecule has 1 aliphatic heterocycles. The van der Waals surface area contributed by atoms with Gasteiger partial charge in [-0.3, -0.25) is 9.56 Å². The highest BCUT2D eigenvalue weighted by molar-refractivity contribution is 7.98. The minimum Gasteiger partial charge on any atom is -0.356 e. The predicted molar refractivity (Wildman–Crippen MR) is 91.8 cm³/mol. The van der Waals surface area contributed by atoms with E-state index >= 15 is 0 Å². The molecule has 2 N–H and O–H groups in total.